The van der Waals surface area contributed by atoms with Crippen LogP contribution in [0.4, 0.5) is 5.82 Å². The average Bonchev–Trinajstić information content (AvgIpc) is 3.19. The largest absolute Gasteiger partial charge is 0.347 e. The van der Waals surface area contributed by atoms with Gasteiger partial charge in [0.05, 0.1) is 5.56 Å². The van der Waals surface area contributed by atoms with Crippen LogP contribution in [0.3, 0.4) is 0 Å². The summed E-state index contributed by atoms with van der Waals surface area (Å²) in [7, 11) is 0. The smallest absolute Gasteiger partial charge is 0.256 e. The Morgan fingerprint density at radius 1 is 1.19 bits per heavy atom. The number of anilines is 1. The van der Waals surface area contributed by atoms with E-state index in [-0.39, 0.29) is 24.1 Å². The average molecular weight is 427 g/mol. The lowest BCUT2D eigenvalue weighted by atomic mass is 9.97. The molecule has 1 aromatic rings. The van der Waals surface area contributed by atoms with Crippen LogP contribution in [0.1, 0.15) is 49.4 Å². The molecule has 3 unspecified atom stereocenters. The minimum Gasteiger partial charge on any atom is -0.347 e. The number of likely N-dealkylation sites (tertiary alicyclic amines) is 1. The molecule has 2 N–H and O–H groups in total. The van der Waals surface area contributed by atoms with Gasteiger partial charge in [0, 0.05) is 51.3 Å². The van der Waals surface area contributed by atoms with Crippen molar-refractivity contribution in [2.75, 3.05) is 38.0 Å². The summed E-state index contributed by atoms with van der Waals surface area (Å²) >= 11 is 0. The van der Waals surface area contributed by atoms with E-state index in [2.05, 4.69) is 20.5 Å². The lowest BCUT2D eigenvalue weighted by Crippen LogP contribution is -2.59. The molecule has 3 saturated heterocycles. The van der Waals surface area contributed by atoms with Crippen LogP contribution in [-0.4, -0.2) is 87.9 Å². The number of fused-ring (bicyclic) bond motifs is 2. The van der Waals surface area contributed by atoms with Crippen molar-refractivity contribution >= 4 is 23.5 Å². The Kier molecular flexibility index (Phi) is 5.08. The van der Waals surface area contributed by atoms with Gasteiger partial charge in [-0.15, -0.1) is 0 Å². The van der Waals surface area contributed by atoms with Crippen LogP contribution in [0.2, 0.25) is 0 Å². The molecule has 166 valence electrons. The molecule has 0 bridgehead atoms. The summed E-state index contributed by atoms with van der Waals surface area (Å²) in [6.07, 6.45) is 5.25. The van der Waals surface area contributed by atoms with E-state index >= 15 is 0 Å². The highest BCUT2D eigenvalue weighted by Gasteiger charge is 2.43. The van der Waals surface area contributed by atoms with Gasteiger partial charge in [0.25, 0.3) is 5.91 Å². The number of hydrogen-bond acceptors (Lipinski definition) is 6. The van der Waals surface area contributed by atoms with Gasteiger partial charge in [0.1, 0.15) is 17.5 Å². The number of rotatable bonds is 2. The van der Waals surface area contributed by atoms with Gasteiger partial charge < -0.3 is 20.4 Å². The van der Waals surface area contributed by atoms with Crippen molar-refractivity contribution in [3.05, 3.63) is 23.9 Å². The van der Waals surface area contributed by atoms with Crippen LogP contribution >= 0.6 is 0 Å². The second kappa shape index (κ2) is 7.78. The van der Waals surface area contributed by atoms with Crippen LogP contribution < -0.4 is 10.6 Å². The number of piperazine rings is 1. The van der Waals surface area contributed by atoms with Gasteiger partial charge in [-0.2, -0.15) is 0 Å². The quantitative estimate of drug-likeness (QED) is 0.720. The van der Waals surface area contributed by atoms with Crippen LogP contribution in [0.5, 0.6) is 0 Å². The van der Waals surface area contributed by atoms with Crippen LogP contribution in [0.25, 0.3) is 0 Å². The van der Waals surface area contributed by atoms with Gasteiger partial charge in [-0.3, -0.25) is 19.3 Å². The fraction of sp³-hybridized carbons (Fsp3) is 0.636. The fourth-order valence-electron chi connectivity index (χ4n) is 5.50. The van der Waals surface area contributed by atoms with Crippen molar-refractivity contribution in [2.45, 2.75) is 56.8 Å². The van der Waals surface area contributed by atoms with E-state index in [4.69, 9.17) is 0 Å². The first kappa shape index (κ1) is 20.2. The van der Waals surface area contributed by atoms with E-state index in [1.807, 2.05) is 11.8 Å². The lowest BCUT2D eigenvalue weighted by molar-refractivity contribution is -0.146. The summed E-state index contributed by atoms with van der Waals surface area (Å²) < 4.78 is 0. The highest BCUT2D eigenvalue weighted by molar-refractivity contribution is 6.01. The van der Waals surface area contributed by atoms with E-state index < -0.39 is 11.7 Å². The first-order valence-electron chi connectivity index (χ1n) is 11.3. The normalized spacial score (nSPS) is 29.6. The highest BCUT2D eigenvalue weighted by atomic mass is 16.2. The van der Waals surface area contributed by atoms with E-state index in [1.165, 1.54) is 6.42 Å². The number of pyridine rings is 1. The third-order valence-electron chi connectivity index (χ3n) is 7.35. The van der Waals surface area contributed by atoms with Gasteiger partial charge in [-0.05, 0) is 44.9 Å². The number of carbonyl (C=O) groups is 3. The maximum Gasteiger partial charge on any atom is 0.256 e. The van der Waals surface area contributed by atoms with E-state index in [9.17, 15) is 14.4 Å². The zero-order valence-electron chi connectivity index (χ0n) is 18.0. The summed E-state index contributed by atoms with van der Waals surface area (Å²) in [6, 6.07) is 3.42. The first-order chi connectivity index (χ1) is 15.0. The molecule has 5 heterocycles. The molecular formula is C22H30N6O3. The molecule has 4 aliphatic rings. The number of nitrogens with one attached hydrogen (secondary N) is 2. The molecular weight excluding hydrogens is 396 g/mol. The summed E-state index contributed by atoms with van der Waals surface area (Å²) in [5.41, 5.74) is -0.212. The van der Waals surface area contributed by atoms with Gasteiger partial charge >= 0.3 is 0 Å². The molecule has 4 aliphatic heterocycles. The van der Waals surface area contributed by atoms with Crippen molar-refractivity contribution in [1.82, 2.24) is 25.0 Å². The Balaban J connectivity index is 1.28. The molecule has 0 aliphatic carbocycles. The molecule has 0 radical (unpaired) electrons. The second-order valence-electron chi connectivity index (χ2n) is 9.19. The van der Waals surface area contributed by atoms with Gasteiger partial charge in [-0.25, -0.2) is 4.98 Å². The molecule has 1 aromatic heterocycles. The summed E-state index contributed by atoms with van der Waals surface area (Å²) in [5.74, 6) is 0.357. The maximum atomic E-state index is 13.2. The molecule has 9 nitrogen and oxygen atoms in total. The Morgan fingerprint density at radius 3 is 2.94 bits per heavy atom. The van der Waals surface area contributed by atoms with Crippen molar-refractivity contribution < 1.29 is 14.4 Å². The Morgan fingerprint density at radius 2 is 2.06 bits per heavy atom. The number of nitrogens with zero attached hydrogens (tertiary/aromatic N) is 4. The topological polar surface area (TPSA) is 97.9 Å². The summed E-state index contributed by atoms with van der Waals surface area (Å²) in [6.45, 7) is 5.78. The zero-order chi connectivity index (χ0) is 21.6. The number of hydrogen-bond donors (Lipinski definition) is 2. The van der Waals surface area contributed by atoms with Crippen molar-refractivity contribution in [2.24, 2.45) is 0 Å². The molecule has 0 aromatic carbocycles. The Labute approximate surface area is 182 Å². The molecule has 3 fully saturated rings. The molecule has 31 heavy (non-hydrogen) atoms. The lowest BCUT2D eigenvalue weighted by Gasteiger charge is -2.40. The second-order valence-corrected chi connectivity index (χ2v) is 9.19. The van der Waals surface area contributed by atoms with Gasteiger partial charge in [-0.1, -0.05) is 0 Å². The minimum absolute atomic E-state index is 0.0310. The van der Waals surface area contributed by atoms with Gasteiger partial charge in [0.15, 0.2) is 0 Å². The monoisotopic (exact) mass is 426 g/mol. The molecule has 3 amide bonds. The predicted octanol–water partition coefficient (Wildman–Crippen LogP) is 0.641. The SMILES string of the molecule is CC(C(=O)N1CCN2CCCC2C1)N1CCC2(CCC1=O)NC(=O)c1cccnc1N2. The summed E-state index contributed by atoms with van der Waals surface area (Å²) in [4.78, 5) is 49.2. The van der Waals surface area contributed by atoms with Gasteiger partial charge in [0.2, 0.25) is 11.8 Å². The molecule has 0 saturated carbocycles. The Hall–Kier alpha value is -2.68. The van der Waals surface area contributed by atoms with Crippen LogP contribution in [0, 0.1) is 0 Å². The fourth-order valence-corrected chi connectivity index (χ4v) is 5.50. The van der Waals surface area contributed by atoms with Crippen LogP contribution in [0.15, 0.2) is 18.3 Å². The third kappa shape index (κ3) is 3.64. The zero-order valence-corrected chi connectivity index (χ0v) is 18.0. The molecule has 1 spiro atoms. The maximum absolute atomic E-state index is 13.2. The number of aromatic nitrogens is 1. The third-order valence-corrected chi connectivity index (χ3v) is 7.35. The van der Waals surface area contributed by atoms with Crippen molar-refractivity contribution in [3.63, 3.8) is 0 Å². The predicted molar refractivity (Wildman–Crippen MR) is 114 cm³/mol. The van der Waals surface area contributed by atoms with E-state index in [0.29, 0.717) is 36.8 Å². The Bertz CT molecular complexity index is 907. The standard InChI is InChI=1S/C22H30N6O3/c1-15(21(31)27-13-12-26-10-3-4-16(26)14-27)28-11-8-22(7-6-18(28)29)24-19-17(20(30)25-22)5-2-9-23-19/h2,5,9,15-16H,3-4,6-8,10-14H2,1H3,(H,23,24)(H,25,30). The van der Waals surface area contributed by atoms with Crippen molar-refractivity contribution in [3.8, 4) is 0 Å². The summed E-state index contributed by atoms with van der Waals surface area (Å²) in [5, 5.41) is 6.41. The number of carbonyl (C=O) groups excluding carboxylic acids is 3. The molecule has 5 rings (SSSR count). The highest BCUT2D eigenvalue weighted by Crippen LogP contribution is 2.31. The molecule has 3 atom stereocenters. The van der Waals surface area contributed by atoms with Crippen LogP contribution in [-0.2, 0) is 9.59 Å². The minimum atomic E-state index is -0.721. The number of amides is 3. The first-order valence-corrected chi connectivity index (χ1v) is 11.3. The van der Waals surface area contributed by atoms with Crippen molar-refractivity contribution in [1.29, 1.82) is 0 Å². The van der Waals surface area contributed by atoms with E-state index in [1.54, 1.807) is 23.2 Å². The molecule has 9 heteroatoms. The van der Waals surface area contributed by atoms with E-state index in [0.717, 1.165) is 32.6 Å².